The van der Waals surface area contributed by atoms with Crippen LogP contribution in [-0.2, 0) is 0 Å². The summed E-state index contributed by atoms with van der Waals surface area (Å²) in [6, 6.07) is 0. The molecule has 31 heavy (non-hydrogen) atoms. The Morgan fingerprint density at radius 3 is 2.55 bits per heavy atom. The molecule has 3 rings (SSSR count). The van der Waals surface area contributed by atoms with E-state index >= 15 is 0 Å². The Hall–Kier alpha value is -0.810. The van der Waals surface area contributed by atoms with Crippen LogP contribution in [-0.4, -0.2) is 37.7 Å². The summed E-state index contributed by atoms with van der Waals surface area (Å²) < 4.78 is 0. The highest BCUT2D eigenvalue weighted by molar-refractivity contribution is 8.00. The normalized spacial score (nSPS) is 32.3. The predicted octanol–water partition coefficient (Wildman–Crippen LogP) is 6.07. The maximum absolute atomic E-state index is 10.7. The first-order valence-electron chi connectivity index (χ1n) is 12.1. The van der Waals surface area contributed by atoms with E-state index in [1.54, 1.807) is 5.57 Å². The number of allylic oxidation sites excluding steroid dienone is 4. The standard InChI is InChI=1S/C27H42O3S/c1-6-26(28,7-2)18-31-20(4)23-14-15-24-22(11-8-16-25(23,24)5)13-12-21-10-9-17-27(29,30)19(21)3/h12-14,20,24,28-30H,3,6-11,15-18H2,1-2,4-5H3/b21-12-,22-13+/t20?,24-,25+/m0/s1. The van der Waals surface area contributed by atoms with Crippen molar-refractivity contribution in [3.8, 4) is 0 Å². The van der Waals surface area contributed by atoms with Gasteiger partial charge in [-0.25, -0.2) is 0 Å². The molecule has 0 amide bonds. The first kappa shape index (κ1) is 24.8. The van der Waals surface area contributed by atoms with Crippen molar-refractivity contribution >= 4 is 11.8 Å². The second-order valence-corrected chi connectivity index (χ2v) is 11.5. The molecule has 3 atom stereocenters. The molecule has 0 aromatic carbocycles. The molecule has 0 aliphatic heterocycles. The van der Waals surface area contributed by atoms with Crippen molar-refractivity contribution in [2.75, 3.05) is 5.75 Å². The molecule has 1 unspecified atom stereocenters. The van der Waals surface area contributed by atoms with Gasteiger partial charge in [0.15, 0.2) is 5.79 Å². The molecule has 0 saturated heterocycles. The maximum atomic E-state index is 10.7. The van der Waals surface area contributed by atoms with Crippen molar-refractivity contribution in [1.29, 1.82) is 0 Å². The summed E-state index contributed by atoms with van der Waals surface area (Å²) in [4.78, 5) is 0. The smallest absolute Gasteiger partial charge is 0.189 e. The Balaban J connectivity index is 1.74. The van der Waals surface area contributed by atoms with Gasteiger partial charge in [-0.1, -0.05) is 56.7 Å². The summed E-state index contributed by atoms with van der Waals surface area (Å²) >= 11 is 1.90. The average Bonchev–Trinajstić information content (AvgIpc) is 3.10. The number of rotatable bonds is 7. The molecular formula is C27H42O3S. The maximum Gasteiger partial charge on any atom is 0.189 e. The Bertz CT molecular complexity index is 771. The highest BCUT2D eigenvalue weighted by atomic mass is 32.2. The minimum atomic E-state index is -1.75. The van der Waals surface area contributed by atoms with E-state index in [2.05, 4.69) is 52.5 Å². The molecule has 0 spiro atoms. The monoisotopic (exact) mass is 446 g/mol. The van der Waals surface area contributed by atoms with E-state index in [-0.39, 0.29) is 5.41 Å². The molecule has 0 radical (unpaired) electrons. The second-order valence-electron chi connectivity index (χ2n) is 10.2. The van der Waals surface area contributed by atoms with Gasteiger partial charge in [-0.3, -0.25) is 0 Å². The van der Waals surface area contributed by atoms with Gasteiger partial charge >= 0.3 is 0 Å². The van der Waals surface area contributed by atoms with E-state index in [9.17, 15) is 15.3 Å². The first-order valence-corrected chi connectivity index (χ1v) is 13.2. The number of fused-ring (bicyclic) bond motifs is 1. The molecule has 0 bridgehead atoms. The lowest BCUT2D eigenvalue weighted by Crippen LogP contribution is -2.35. The topological polar surface area (TPSA) is 60.7 Å². The third kappa shape index (κ3) is 5.08. The zero-order chi connectivity index (χ0) is 22.9. The van der Waals surface area contributed by atoms with Crippen molar-refractivity contribution in [3.63, 3.8) is 0 Å². The zero-order valence-corrected chi connectivity index (χ0v) is 20.7. The molecule has 0 heterocycles. The fourth-order valence-corrected chi connectivity index (χ4v) is 7.30. The van der Waals surface area contributed by atoms with Gasteiger partial charge in [-0.2, -0.15) is 11.8 Å². The molecule has 3 nitrogen and oxygen atoms in total. The van der Waals surface area contributed by atoms with E-state index in [0.29, 0.717) is 23.2 Å². The summed E-state index contributed by atoms with van der Waals surface area (Å²) in [6.45, 7) is 12.8. The second kappa shape index (κ2) is 9.59. The van der Waals surface area contributed by atoms with Crippen LogP contribution in [0.2, 0.25) is 0 Å². The van der Waals surface area contributed by atoms with E-state index in [0.717, 1.165) is 49.9 Å². The minimum absolute atomic E-state index is 0.187. The van der Waals surface area contributed by atoms with Crippen molar-refractivity contribution in [1.82, 2.24) is 0 Å². The molecule has 2 fully saturated rings. The lowest BCUT2D eigenvalue weighted by Gasteiger charge is -2.42. The number of aliphatic hydroxyl groups is 3. The fraction of sp³-hybridized carbons (Fsp3) is 0.704. The van der Waals surface area contributed by atoms with Gasteiger partial charge in [0.1, 0.15) is 0 Å². The molecule has 0 aromatic heterocycles. The van der Waals surface area contributed by atoms with Crippen LogP contribution < -0.4 is 0 Å². The summed E-state index contributed by atoms with van der Waals surface area (Å²) in [5.41, 5.74) is 4.12. The van der Waals surface area contributed by atoms with Crippen LogP contribution in [0.3, 0.4) is 0 Å². The van der Waals surface area contributed by atoms with E-state index in [1.807, 2.05) is 11.8 Å². The molecule has 3 aliphatic rings. The molecule has 174 valence electrons. The van der Waals surface area contributed by atoms with Gasteiger partial charge in [0.2, 0.25) is 0 Å². The molecule has 3 aliphatic carbocycles. The van der Waals surface area contributed by atoms with Crippen LogP contribution in [0.4, 0.5) is 0 Å². The molecular weight excluding hydrogens is 404 g/mol. The summed E-state index contributed by atoms with van der Waals surface area (Å²) in [5.74, 6) is -0.436. The van der Waals surface area contributed by atoms with Crippen LogP contribution in [0.15, 0.2) is 47.1 Å². The Labute approximate surface area is 193 Å². The van der Waals surface area contributed by atoms with Crippen molar-refractivity contribution in [3.05, 3.63) is 47.1 Å². The summed E-state index contributed by atoms with van der Waals surface area (Å²) in [5, 5.41) is 31.4. The molecule has 4 heteroatoms. The van der Waals surface area contributed by atoms with Gasteiger partial charge in [0.25, 0.3) is 0 Å². The SMILES string of the molecule is C=C1/C(=C\C=C2/CCC[C@]3(C)C(C(C)SCC(O)(CC)CC)=CC[C@@H]23)CCCC1(O)O. The summed E-state index contributed by atoms with van der Waals surface area (Å²) in [7, 11) is 0. The minimum Gasteiger partial charge on any atom is -0.389 e. The lowest BCUT2D eigenvalue weighted by molar-refractivity contribution is -0.136. The molecule has 3 N–H and O–H groups in total. The number of hydrogen-bond acceptors (Lipinski definition) is 4. The van der Waals surface area contributed by atoms with Crippen LogP contribution >= 0.6 is 11.8 Å². The highest BCUT2D eigenvalue weighted by Gasteiger charge is 2.46. The zero-order valence-electron chi connectivity index (χ0n) is 19.9. The predicted molar refractivity (Wildman–Crippen MR) is 132 cm³/mol. The van der Waals surface area contributed by atoms with Crippen molar-refractivity contribution in [2.24, 2.45) is 11.3 Å². The van der Waals surface area contributed by atoms with E-state index in [4.69, 9.17) is 0 Å². The Kier molecular flexibility index (Phi) is 7.68. The van der Waals surface area contributed by atoms with E-state index in [1.165, 1.54) is 18.4 Å². The number of hydrogen-bond donors (Lipinski definition) is 3. The Morgan fingerprint density at radius 1 is 1.19 bits per heavy atom. The third-order valence-electron chi connectivity index (χ3n) is 8.31. The largest absolute Gasteiger partial charge is 0.389 e. The van der Waals surface area contributed by atoms with Gasteiger partial charge < -0.3 is 15.3 Å². The van der Waals surface area contributed by atoms with Crippen LogP contribution in [0.1, 0.15) is 85.5 Å². The van der Waals surface area contributed by atoms with Crippen LogP contribution in [0.5, 0.6) is 0 Å². The average molecular weight is 447 g/mol. The Morgan fingerprint density at radius 2 is 1.87 bits per heavy atom. The molecule has 0 aromatic rings. The third-order valence-corrected chi connectivity index (χ3v) is 9.77. The van der Waals surface area contributed by atoms with Gasteiger partial charge in [-0.05, 0) is 75.2 Å². The van der Waals surface area contributed by atoms with Crippen molar-refractivity contribution < 1.29 is 15.3 Å². The highest BCUT2D eigenvalue weighted by Crippen LogP contribution is 2.57. The summed E-state index contributed by atoms with van der Waals surface area (Å²) in [6.07, 6.45) is 15.1. The van der Waals surface area contributed by atoms with Gasteiger partial charge in [0, 0.05) is 23.0 Å². The van der Waals surface area contributed by atoms with Gasteiger partial charge in [-0.15, -0.1) is 0 Å². The van der Waals surface area contributed by atoms with Crippen LogP contribution in [0, 0.1) is 11.3 Å². The van der Waals surface area contributed by atoms with Crippen molar-refractivity contribution in [2.45, 2.75) is 102 Å². The fourth-order valence-electron chi connectivity index (χ4n) is 5.78. The van der Waals surface area contributed by atoms with Crippen LogP contribution in [0.25, 0.3) is 0 Å². The first-order chi connectivity index (χ1) is 14.6. The lowest BCUT2D eigenvalue weighted by atomic mass is 9.64. The quantitative estimate of drug-likeness (QED) is 0.328. The van der Waals surface area contributed by atoms with E-state index < -0.39 is 11.4 Å². The molecule has 2 saturated carbocycles. The number of thioether (sulfide) groups is 1. The van der Waals surface area contributed by atoms with Gasteiger partial charge in [0.05, 0.1) is 5.60 Å².